The summed E-state index contributed by atoms with van der Waals surface area (Å²) in [5.74, 6) is 0.892. The van der Waals surface area contributed by atoms with E-state index in [0.29, 0.717) is 6.61 Å². The van der Waals surface area contributed by atoms with Crippen molar-refractivity contribution in [3.8, 4) is 5.75 Å². The Bertz CT molecular complexity index is 583. The molecular weight excluding hydrogens is 292 g/mol. The largest absolute Gasteiger partial charge is 0.493 e. The second kappa shape index (κ2) is 5.40. The summed E-state index contributed by atoms with van der Waals surface area (Å²) in [5, 5.41) is 9.61. The van der Waals surface area contributed by atoms with E-state index in [-0.39, 0.29) is 11.8 Å². The van der Waals surface area contributed by atoms with Crippen LogP contribution in [0, 0.1) is 11.3 Å². The van der Waals surface area contributed by atoms with Gasteiger partial charge in [-0.15, -0.1) is 0 Å². The van der Waals surface area contributed by atoms with Crippen molar-refractivity contribution in [1.82, 2.24) is 0 Å². The van der Waals surface area contributed by atoms with E-state index in [9.17, 15) is 0 Å². The molecule has 4 heteroatoms. The van der Waals surface area contributed by atoms with Gasteiger partial charge in [0.2, 0.25) is 0 Å². The Hall–Kier alpha value is -1.55. The van der Waals surface area contributed by atoms with Crippen LogP contribution in [0.2, 0.25) is 0 Å². The third kappa shape index (κ3) is 3.01. The minimum atomic E-state index is -0.0642. The Balaban J connectivity index is 2.15. The first-order valence-corrected chi connectivity index (χ1v) is 6.51. The molecule has 3 N–H and O–H groups in total. The molecule has 0 aliphatic carbocycles. The van der Waals surface area contributed by atoms with Crippen LogP contribution in [0.1, 0.15) is 6.92 Å². The Kier molecular flexibility index (Phi) is 3.87. The molecule has 0 aromatic heterocycles. The molecule has 2 aromatic rings. The average Bonchev–Trinajstić information content (AvgIpc) is 2.35. The van der Waals surface area contributed by atoms with Crippen LogP contribution in [-0.4, -0.2) is 12.4 Å². The molecule has 0 bridgehead atoms. The predicted octanol–water partition coefficient (Wildman–Crippen LogP) is 3.55. The quantitative estimate of drug-likeness (QED) is 0.670. The van der Waals surface area contributed by atoms with Crippen LogP contribution in [0.25, 0.3) is 10.8 Å². The van der Waals surface area contributed by atoms with Crippen molar-refractivity contribution in [3.05, 3.63) is 40.9 Å². The zero-order valence-electron chi connectivity index (χ0n) is 10.1. The van der Waals surface area contributed by atoms with E-state index in [1.807, 2.05) is 37.3 Å². The number of hydrogen-bond donors (Lipinski definition) is 2. The number of ether oxygens (including phenoxy) is 1. The molecule has 0 aliphatic rings. The normalized spacial score (nSPS) is 12.3. The molecule has 3 nitrogen and oxygen atoms in total. The molecule has 1 unspecified atom stereocenters. The van der Waals surface area contributed by atoms with Gasteiger partial charge in [-0.3, -0.25) is 5.41 Å². The van der Waals surface area contributed by atoms with Crippen LogP contribution in [0.15, 0.2) is 40.9 Å². The Morgan fingerprint density at radius 3 is 2.67 bits per heavy atom. The van der Waals surface area contributed by atoms with Gasteiger partial charge in [0.05, 0.1) is 12.4 Å². The fourth-order valence-corrected chi connectivity index (χ4v) is 1.97. The second-order valence-electron chi connectivity index (χ2n) is 4.32. The summed E-state index contributed by atoms with van der Waals surface area (Å²) in [5.41, 5.74) is 5.41. The van der Waals surface area contributed by atoms with Gasteiger partial charge in [0.25, 0.3) is 0 Å². The molecular formula is C14H15BrN2O. The first kappa shape index (κ1) is 12.9. The molecule has 18 heavy (non-hydrogen) atoms. The van der Waals surface area contributed by atoms with Crippen molar-refractivity contribution in [2.45, 2.75) is 6.92 Å². The lowest BCUT2D eigenvalue weighted by Crippen LogP contribution is -2.25. The fourth-order valence-electron chi connectivity index (χ4n) is 1.60. The highest BCUT2D eigenvalue weighted by atomic mass is 79.9. The molecule has 0 saturated carbocycles. The van der Waals surface area contributed by atoms with Crippen molar-refractivity contribution in [2.75, 3.05) is 6.61 Å². The number of benzene rings is 2. The molecule has 0 spiro atoms. The lowest BCUT2D eigenvalue weighted by Gasteiger charge is -2.12. The van der Waals surface area contributed by atoms with Crippen molar-refractivity contribution < 1.29 is 4.74 Å². The fraction of sp³-hybridized carbons (Fsp3) is 0.214. The number of nitrogens with one attached hydrogen (secondary N) is 1. The van der Waals surface area contributed by atoms with Crippen molar-refractivity contribution in [3.63, 3.8) is 0 Å². The SMILES string of the molecule is CC(COc1ccc2cc(Br)ccc2c1)C(=N)N. The molecule has 94 valence electrons. The number of nitrogens with two attached hydrogens (primary N) is 1. The lowest BCUT2D eigenvalue weighted by molar-refractivity contribution is 0.292. The van der Waals surface area contributed by atoms with E-state index in [1.165, 1.54) is 0 Å². The standard InChI is InChI=1S/C14H15BrN2O/c1-9(14(16)17)8-18-13-5-3-10-6-12(15)4-2-11(10)7-13/h2-7,9H,8H2,1H3,(H3,16,17). The summed E-state index contributed by atoms with van der Waals surface area (Å²) in [6, 6.07) is 12.1. The van der Waals surface area contributed by atoms with E-state index in [2.05, 4.69) is 22.0 Å². The first-order valence-electron chi connectivity index (χ1n) is 5.72. The van der Waals surface area contributed by atoms with Crippen molar-refractivity contribution in [1.29, 1.82) is 5.41 Å². The van der Waals surface area contributed by atoms with Crippen LogP contribution in [0.5, 0.6) is 5.75 Å². The van der Waals surface area contributed by atoms with Crippen LogP contribution < -0.4 is 10.5 Å². The van der Waals surface area contributed by atoms with Gasteiger partial charge in [0.15, 0.2) is 0 Å². The molecule has 2 aromatic carbocycles. The summed E-state index contributed by atoms with van der Waals surface area (Å²) in [7, 11) is 0. The molecule has 0 radical (unpaired) electrons. The molecule has 0 aliphatic heterocycles. The molecule has 1 atom stereocenters. The maximum Gasteiger partial charge on any atom is 0.119 e. The van der Waals surface area contributed by atoms with Crippen molar-refractivity contribution >= 4 is 32.5 Å². The highest BCUT2D eigenvalue weighted by Crippen LogP contribution is 2.24. The maximum absolute atomic E-state index is 7.31. The third-order valence-electron chi connectivity index (χ3n) is 2.80. The number of amidine groups is 1. The van der Waals surface area contributed by atoms with Crippen LogP contribution in [-0.2, 0) is 0 Å². The minimum absolute atomic E-state index is 0.0642. The third-order valence-corrected chi connectivity index (χ3v) is 3.30. The summed E-state index contributed by atoms with van der Waals surface area (Å²) >= 11 is 3.45. The first-order chi connectivity index (χ1) is 8.56. The maximum atomic E-state index is 7.31. The Labute approximate surface area is 115 Å². The van der Waals surface area contributed by atoms with Crippen LogP contribution >= 0.6 is 15.9 Å². The van der Waals surface area contributed by atoms with Gasteiger partial charge < -0.3 is 10.5 Å². The van der Waals surface area contributed by atoms with Gasteiger partial charge in [0.1, 0.15) is 5.75 Å². The number of fused-ring (bicyclic) bond motifs is 1. The average molecular weight is 307 g/mol. The van der Waals surface area contributed by atoms with Gasteiger partial charge in [-0.25, -0.2) is 0 Å². The highest BCUT2D eigenvalue weighted by Gasteiger charge is 2.06. The Morgan fingerprint density at radius 2 is 1.94 bits per heavy atom. The van der Waals surface area contributed by atoms with E-state index in [4.69, 9.17) is 15.9 Å². The van der Waals surface area contributed by atoms with E-state index in [1.54, 1.807) is 0 Å². The zero-order chi connectivity index (χ0) is 13.1. The smallest absolute Gasteiger partial charge is 0.119 e. The summed E-state index contributed by atoms with van der Waals surface area (Å²) in [6.45, 7) is 2.30. The zero-order valence-corrected chi connectivity index (χ0v) is 11.7. The Morgan fingerprint density at radius 1 is 1.28 bits per heavy atom. The van der Waals surface area contributed by atoms with Gasteiger partial charge in [-0.1, -0.05) is 35.0 Å². The van der Waals surface area contributed by atoms with Gasteiger partial charge in [-0.2, -0.15) is 0 Å². The van der Waals surface area contributed by atoms with E-state index >= 15 is 0 Å². The number of hydrogen-bond acceptors (Lipinski definition) is 2. The van der Waals surface area contributed by atoms with Crippen molar-refractivity contribution in [2.24, 2.45) is 11.7 Å². The van der Waals surface area contributed by atoms with Crippen LogP contribution in [0.4, 0.5) is 0 Å². The summed E-state index contributed by atoms with van der Waals surface area (Å²) < 4.78 is 6.70. The van der Waals surface area contributed by atoms with Gasteiger partial charge >= 0.3 is 0 Å². The molecule has 0 amide bonds. The van der Waals surface area contributed by atoms with E-state index < -0.39 is 0 Å². The highest BCUT2D eigenvalue weighted by molar-refractivity contribution is 9.10. The molecule has 0 heterocycles. The minimum Gasteiger partial charge on any atom is -0.493 e. The van der Waals surface area contributed by atoms with Gasteiger partial charge in [0, 0.05) is 10.4 Å². The lowest BCUT2D eigenvalue weighted by atomic mass is 10.1. The number of halogens is 1. The molecule has 2 rings (SSSR count). The van der Waals surface area contributed by atoms with E-state index in [0.717, 1.165) is 21.0 Å². The van der Waals surface area contributed by atoms with Gasteiger partial charge in [-0.05, 0) is 35.0 Å². The topological polar surface area (TPSA) is 59.1 Å². The molecule has 0 saturated heterocycles. The molecule has 0 fully saturated rings. The summed E-state index contributed by atoms with van der Waals surface area (Å²) in [6.07, 6.45) is 0. The number of rotatable bonds is 4. The second-order valence-corrected chi connectivity index (χ2v) is 5.24. The van der Waals surface area contributed by atoms with Crippen LogP contribution in [0.3, 0.4) is 0 Å². The summed E-state index contributed by atoms with van der Waals surface area (Å²) in [4.78, 5) is 0. The monoisotopic (exact) mass is 306 g/mol. The predicted molar refractivity (Wildman–Crippen MR) is 78.2 cm³/mol.